The highest BCUT2D eigenvalue weighted by Crippen LogP contribution is 2.23. The maximum atomic E-state index is 12.5. The topological polar surface area (TPSA) is 63.1 Å². The molecule has 3 heterocycles. The SMILES string of the molecule is Cc1cc(C)n(C2CCCN(C(=O)Nc3cncc(Cl)c3)C2)n1. The molecule has 1 atom stereocenters. The first kappa shape index (κ1) is 15.8. The van der Waals surface area contributed by atoms with E-state index in [1.54, 1.807) is 12.3 Å². The second-order valence-electron chi connectivity index (χ2n) is 5.94. The Kier molecular flexibility index (Phi) is 4.52. The summed E-state index contributed by atoms with van der Waals surface area (Å²) in [6, 6.07) is 3.85. The smallest absolute Gasteiger partial charge is 0.321 e. The van der Waals surface area contributed by atoms with Gasteiger partial charge < -0.3 is 10.2 Å². The minimum Gasteiger partial charge on any atom is -0.322 e. The third kappa shape index (κ3) is 3.64. The highest BCUT2D eigenvalue weighted by Gasteiger charge is 2.26. The third-order valence-corrected chi connectivity index (χ3v) is 4.24. The van der Waals surface area contributed by atoms with Gasteiger partial charge in [-0.25, -0.2) is 4.79 Å². The van der Waals surface area contributed by atoms with Gasteiger partial charge in [-0.2, -0.15) is 5.10 Å². The quantitative estimate of drug-likeness (QED) is 0.916. The number of piperidine rings is 1. The largest absolute Gasteiger partial charge is 0.322 e. The highest BCUT2D eigenvalue weighted by molar-refractivity contribution is 6.30. The second-order valence-corrected chi connectivity index (χ2v) is 6.37. The summed E-state index contributed by atoms with van der Waals surface area (Å²) in [6.45, 7) is 5.44. The Hall–Kier alpha value is -2.08. The van der Waals surface area contributed by atoms with Crippen LogP contribution >= 0.6 is 11.6 Å². The van der Waals surface area contributed by atoms with Crippen LogP contribution in [0.2, 0.25) is 5.02 Å². The van der Waals surface area contributed by atoms with Gasteiger partial charge in [0.2, 0.25) is 0 Å². The van der Waals surface area contributed by atoms with Gasteiger partial charge in [0, 0.05) is 25.0 Å². The summed E-state index contributed by atoms with van der Waals surface area (Å²) < 4.78 is 2.04. The molecule has 0 radical (unpaired) electrons. The highest BCUT2D eigenvalue weighted by atomic mass is 35.5. The molecule has 3 rings (SSSR count). The van der Waals surface area contributed by atoms with E-state index in [2.05, 4.69) is 28.4 Å². The van der Waals surface area contributed by atoms with Crippen LogP contribution in [0.5, 0.6) is 0 Å². The number of amides is 2. The van der Waals surface area contributed by atoms with Crippen molar-refractivity contribution in [1.29, 1.82) is 0 Å². The molecule has 1 aliphatic rings. The van der Waals surface area contributed by atoms with Crippen molar-refractivity contribution < 1.29 is 4.79 Å². The van der Waals surface area contributed by atoms with Gasteiger partial charge in [-0.15, -0.1) is 0 Å². The molecular weight excluding hydrogens is 314 g/mol. The summed E-state index contributed by atoms with van der Waals surface area (Å²) in [5.41, 5.74) is 2.75. The molecule has 1 aliphatic heterocycles. The van der Waals surface area contributed by atoms with Gasteiger partial charge in [0.15, 0.2) is 0 Å². The van der Waals surface area contributed by atoms with E-state index in [-0.39, 0.29) is 12.1 Å². The summed E-state index contributed by atoms with van der Waals surface area (Å²) in [7, 11) is 0. The number of rotatable bonds is 2. The molecule has 1 unspecified atom stereocenters. The zero-order chi connectivity index (χ0) is 16.4. The van der Waals surface area contributed by atoms with Crippen molar-refractivity contribution in [3.05, 3.63) is 40.9 Å². The molecule has 7 heteroatoms. The number of nitrogens with zero attached hydrogens (tertiary/aromatic N) is 4. The summed E-state index contributed by atoms with van der Waals surface area (Å²) in [5.74, 6) is 0. The fourth-order valence-electron chi connectivity index (χ4n) is 3.04. The minimum atomic E-state index is -0.125. The molecule has 1 saturated heterocycles. The number of anilines is 1. The van der Waals surface area contributed by atoms with E-state index in [1.165, 1.54) is 6.20 Å². The van der Waals surface area contributed by atoms with Gasteiger partial charge in [0.1, 0.15) is 0 Å². The predicted octanol–water partition coefficient (Wildman–Crippen LogP) is 3.42. The summed E-state index contributed by atoms with van der Waals surface area (Å²) in [4.78, 5) is 18.3. The molecule has 122 valence electrons. The van der Waals surface area contributed by atoms with Crippen LogP contribution < -0.4 is 5.32 Å². The summed E-state index contributed by atoms with van der Waals surface area (Å²) in [5, 5.41) is 7.91. The van der Waals surface area contributed by atoms with E-state index in [1.807, 2.05) is 16.5 Å². The summed E-state index contributed by atoms with van der Waals surface area (Å²) in [6.07, 6.45) is 5.12. The van der Waals surface area contributed by atoms with Crippen LogP contribution in [0.25, 0.3) is 0 Å². The minimum absolute atomic E-state index is 0.125. The van der Waals surface area contributed by atoms with Gasteiger partial charge in [-0.3, -0.25) is 9.67 Å². The van der Waals surface area contributed by atoms with Crippen molar-refractivity contribution >= 4 is 23.3 Å². The van der Waals surface area contributed by atoms with E-state index < -0.39 is 0 Å². The average Bonchev–Trinajstić information content (AvgIpc) is 2.86. The molecule has 0 aliphatic carbocycles. The van der Waals surface area contributed by atoms with Gasteiger partial charge in [-0.05, 0) is 38.8 Å². The number of hydrogen-bond acceptors (Lipinski definition) is 3. The number of aromatic nitrogens is 3. The molecule has 23 heavy (non-hydrogen) atoms. The van der Waals surface area contributed by atoms with Crippen LogP contribution in [0.4, 0.5) is 10.5 Å². The van der Waals surface area contributed by atoms with Crippen molar-refractivity contribution in [2.75, 3.05) is 18.4 Å². The molecule has 2 aromatic rings. The Balaban J connectivity index is 1.68. The first-order valence-electron chi connectivity index (χ1n) is 7.72. The zero-order valence-corrected chi connectivity index (χ0v) is 14.0. The van der Waals surface area contributed by atoms with Gasteiger partial charge in [-0.1, -0.05) is 11.6 Å². The van der Waals surface area contributed by atoms with Gasteiger partial charge in [0.25, 0.3) is 0 Å². The molecule has 1 N–H and O–H groups in total. The molecule has 0 spiro atoms. The van der Waals surface area contributed by atoms with Crippen LogP contribution in [0, 0.1) is 13.8 Å². The van der Waals surface area contributed by atoms with E-state index in [9.17, 15) is 4.79 Å². The Morgan fingerprint density at radius 2 is 2.17 bits per heavy atom. The number of pyridine rings is 1. The van der Waals surface area contributed by atoms with Crippen LogP contribution in [0.3, 0.4) is 0 Å². The van der Waals surface area contributed by atoms with Crippen LogP contribution in [-0.4, -0.2) is 38.8 Å². The van der Waals surface area contributed by atoms with Gasteiger partial charge in [0.05, 0.1) is 28.6 Å². The lowest BCUT2D eigenvalue weighted by Gasteiger charge is -2.33. The molecule has 1 fully saturated rings. The third-order valence-electron chi connectivity index (χ3n) is 4.03. The predicted molar refractivity (Wildman–Crippen MR) is 89.8 cm³/mol. The number of halogens is 1. The zero-order valence-electron chi connectivity index (χ0n) is 13.3. The summed E-state index contributed by atoms with van der Waals surface area (Å²) >= 11 is 5.90. The lowest BCUT2D eigenvalue weighted by molar-refractivity contribution is 0.174. The normalized spacial score (nSPS) is 18.0. The number of carbonyl (C=O) groups is 1. The Bertz CT molecular complexity index is 714. The Morgan fingerprint density at radius 3 is 2.87 bits per heavy atom. The van der Waals surface area contributed by atoms with Crippen molar-refractivity contribution in [3.8, 4) is 0 Å². The van der Waals surface area contributed by atoms with Crippen LogP contribution in [-0.2, 0) is 0 Å². The Labute approximate surface area is 140 Å². The fourth-order valence-corrected chi connectivity index (χ4v) is 3.21. The first-order chi connectivity index (χ1) is 11.0. The second kappa shape index (κ2) is 6.58. The standard InChI is InChI=1S/C16H20ClN5O/c1-11-6-12(2)22(20-11)15-4-3-5-21(10-15)16(23)19-14-7-13(17)8-18-9-14/h6-9,15H,3-5,10H2,1-2H3,(H,19,23). The number of aryl methyl sites for hydroxylation is 2. The Morgan fingerprint density at radius 1 is 1.35 bits per heavy atom. The molecule has 0 saturated carbocycles. The van der Waals surface area contributed by atoms with E-state index in [4.69, 9.17) is 11.6 Å². The van der Waals surface area contributed by atoms with Crippen LogP contribution in [0.1, 0.15) is 30.3 Å². The molecule has 0 aromatic carbocycles. The molecular formula is C16H20ClN5O. The lowest BCUT2D eigenvalue weighted by atomic mass is 10.1. The van der Waals surface area contributed by atoms with E-state index in [0.29, 0.717) is 17.3 Å². The van der Waals surface area contributed by atoms with Crippen LogP contribution in [0.15, 0.2) is 24.5 Å². The first-order valence-corrected chi connectivity index (χ1v) is 8.10. The van der Waals surface area contributed by atoms with Gasteiger partial charge >= 0.3 is 6.03 Å². The van der Waals surface area contributed by atoms with E-state index >= 15 is 0 Å². The number of carbonyl (C=O) groups excluding carboxylic acids is 1. The molecule has 6 nitrogen and oxygen atoms in total. The molecule has 2 aromatic heterocycles. The monoisotopic (exact) mass is 333 g/mol. The lowest BCUT2D eigenvalue weighted by Crippen LogP contribution is -2.43. The maximum absolute atomic E-state index is 12.5. The van der Waals surface area contributed by atoms with E-state index in [0.717, 1.165) is 30.8 Å². The van der Waals surface area contributed by atoms with Crippen molar-refractivity contribution in [2.24, 2.45) is 0 Å². The van der Waals surface area contributed by atoms with Crippen molar-refractivity contribution in [1.82, 2.24) is 19.7 Å². The van der Waals surface area contributed by atoms with Crippen molar-refractivity contribution in [2.45, 2.75) is 32.7 Å². The number of urea groups is 1. The fraction of sp³-hybridized carbons (Fsp3) is 0.438. The molecule has 0 bridgehead atoms. The number of nitrogens with one attached hydrogen (secondary N) is 1. The number of hydrogen-bond donors (Lipinski definition) is 1. The maximum Gasteiger partial charge on any atom is 0.321 e. The molecule has 2 amide bonds. The average molecular weight is 334 g/mol. The van der Waals surface area contributed by atoms with Crippen molar-refractivity contribution in [3.63, 3.8) is 0 Å². The number of likely N-dealkylation sites (tertiary alicyclic amines) is 1.